The van der Waals surface area contributed by atoms with Crippen LogP contribution in [0.4, 0.5) is 0 Å². The molecule has 0 aromatic heterocycles. The Morgan fingerprint density at radius 3 is 2.52 bits per heavy atom. The summed E-state index contributed by atoms with van der Waals surface area (Å²) in [6, 6.07) is 10.8. The van der Waals surface area contributed by atoms with E-state index in [0.717, 1.165) is 10.9 Å². The highest BCUT2D eigenvalue weighted by Crippen LogP contribution is 2.40. The standard InChI is InChI=1S/C21H24BrN3O2/c1-13-5-7-17-16(14-3-2-4-14)8-6-15(18(17)11-13)12-25(21(22)24)19(23)9-10-20(26)27/h5-8,11,14,23-24H,2-4,9-10,12H2,1H3,(H,26,27). The normalized spacial score (nSPS) is 14.0. The quantitative estimate of drug-likeness (QED) is 0.326. The number of aliphatic carboxylic acids is 1. The Labute approximate surface area is 167 Å². The summed E-state index contributed by atoms with van der Waals surface area (Å²) in [5, 5.41) is 27.5. The van der Waals surface area contributed by atoms with Crippen LogP contribution in [0.25, 0.3) is 10.8 Å². The van der Waals surface area contributed by atoms with Crippen molar-refractivity contribution in [2.45, 2.75) is 51.5 Å². The molecule has 0 saturated heterocycles. The highest BCUT2D eigenvalue weighted by atomic mass is 79.9. The summed E-state index contributed by atoms with van der Waals surface area (Å²) in [6.07, 6.45) is 3.74. The summed E-state index contributed by atoms with van der Waals surface area (Å²) in [7, 11) is 0. The van der Waals surface area contributed by atoms with Gasteiger partial charge in [-0.1, -0.05) is 42.3 Å². The van der Waals surface area contributed by atoms with Crippen molar-refractivity contribution >= 4 is 43.3 Å². The zero-order chi connectivity index (χ0) is 19.6. The van der Waals surface area contributed by atoms with E-state index in [1.807, 2.05) is 0 Å². The summed E-state index contributed by atoms with van der Waals surface area (Å²) in [6.45, 7) is 2.44. The molecule has 3 rings (SSSR count). The zero-order valence-corrected chi connectivity index (χ0v) is 17.0. The monoisotopic (exact) mass is 429 g/mol. The van der Waals surface area contributed by atoms with Crippen molar-refractivity contribution in [2.24, 2.45) is 0 Å². The van der Waals surface area contributed by atoms with Crippen LogP contribution in [-0.2, 0) is 11.3 Å². The minimum Gasteiger partial charge on any atom is -0.481 e. The lowest BCUT2D eigenvalue weighted by molar-refractivity contribution is -0.136. The number of aryl methyl sites for hydroxylation is 1. The van der Waals surface area contributed by atoms with Gasteiger partial charge in [0.1, 0.15) is 5.84 Å². The van der Waals surface area contributed by atoms with E-state index in [1.54, 1.807) is 0 Å². The number of benzene rings is 2. The lowest BCUT2D eigenvalue weighted by atomic mass is 9.77. The van der Waals surface area contributed by atoms with E-state index in [2.05, 4.69) is 53.2 Å². The predicted octanol–water partition coefficient (Wildman–Crippen LogP) is 5.39. The van der Waals surface area contributed by atoms with Crippen LogP contribution < -0.4 is 0 Å². The van der Waals surface area contributed by atoms with E-state index >= 15 is 0 Å². The summed E-state index contributed by atoms with van der Waals surface area (Å²) in [5.74, 6) is -0.182. The van der Waals surface area contributed by atoms with Crippen molar-refractivity contribution in [2.75, 3.05) is 0 Å². The van der Waals surface area contributed by atoms with E-state index < -0.39 is 5.97 Å². The predicted molar refractivity (Wildman–Crippen MR) is 112 cm³/mol. The molecule has 5 nitrogen and oxygen atoms in total. The molecule has 0 bridgehead atoms. The third-order valence-corrected chi connectivity index (χ3v) is 5.74. The van der Waals surface area contributed by atoms with Crippen molar-refractivity contribution in [3.63, 3.8) is 0 Å². The maximum atomic E-state index is 10.8. The minimum atomic E-state index is -0.938. The number of carbonyl (C=O) groups is 1. The van der Waals surface area contributed by atoms with Crippen LogP contribution in [0.1, 0.15) is 54.7 Å². The third kappa shape index (κ3) is 4.38. The molecule has 0 atom stereocenters. The minimum absolute atomic E-state index is 0.0711. The number of carboxylic acid groups (broad SMARTS) is 1. The second-order valence-corrected chi connectivity index (χ2v) is 7.96. The first-order chi connectivity index (χ1) is 12.9. The largest absolute Gasteiger partial charge is 0.481 e. The Morgan fingerprint density at radius 2 is 1.93 bits per heavy atom. The van der Waals surface area contributed by atoms with Crippen LogP contribution in [0.2, 0.25) is 0 Å². The average Bonchev–Trinajstić information content (AvgIpc) is 2.56. The molecule has 2 aromatic carbocycles. The Balaban J connectivity index is 1.95. The molecule has 0 heterocycles. The number of carboxylic acids is 1. The molecule has 1 saturated carbocycles. The number of halogens is 1. The number of fused-ring (bicyclic) bond motifs is 1. The summed E-state index contributed by atoms with van der Waals surface area (Å²) in [5.41, 5.74) is 3.61. The molecule has 0 aliphatic heterocycles. The van der Waals surface area contributed by atoms with Gasteiger partial charge in [0.25, 0.3) is 0 Å². The van der Waals surface area contributed by atoms with Gasteiger partial charge in [0, 0.05) is 6.42 Å². The lowest BCUT2D eigenvalue weighted by Gasteiger charge is -2.29. The topological polar surface area (TPSA) is 88.2 Å². The molecule has 1 fully saturated rings. The van der Waals surface area contributed by atoms with Gasteiger partial charge in [0.15, 0.2) is 4.74 Å². The fourth-order valence-electron chi connectivity index (χ4n) is 3.57. The van der Waals surface area contributed by atoms with E-state index in [0.29, 0.717) is 12.5 Å². The highest BCUT2D eigenvalue weighted by Gasteiger charge is 2.23. The molecule has 2 aromatic rings. The van der Waals surface area contributed by atoms with Crippen LogP contribution >= 0.6 is 15.9 Å². The average molecular weight is 430 g/mol. The van der Waals surface area contributed by atoms with Crippen LogP contribution in [0.3, 0.4) is 0 Å². The Bertz CT molecular complexity index is 906. The molecule has 27 heavy (non-hydrogen) atoms. The molecule has 142 valence electrons. The summed E-state index contributed by atoms with van der Waals surface area (Å²) >= 11 is 3.16. The van der Waals surface area contributed by atoms with Gasteiger partial charge in [0.05, 0.1) is 13.0 Å². The molecule has 6 heteroatoms. The van der Waals surface area contributed by atoms with Gasteiger partial charge in [-0.15, -0.1) is 0 Å². The van der Waals surface area contributed by atoms with Gasteiger partial charge in [0.2, 0.25) is 0 Å². The van der Waals surface area contributed by atoms with Crippen molar-refractivity contribution in [3.8, 4) is 0 Å². The van der Waals surface area contributed by atoms with E-state index in [-0.39, 0.29) is 23.4 Å². The van der Waals surface area contributed by atoms with Gasteiger partial charge in [-0.25, -0.2) is 0 Å². The molecule has 0 radical (unpaired) electrons. The van der Waals surface area contributed by atoms with Crippen molar-refractivity contribution in [3.05, 3.63) is 47.0 Å². The maximum absolute atomic E-state index is 10.8. The molecule has 0 amide bonds. The number of nitrogens with zero attached hydrogens (tertiary/aromatic N) is 1. The van der Waals surface area contributed by atoms with E-state index in [9.17, 15) is 4.79 Å². The summed E-state index contributed by atoms with van der Waals surface area (Å²) < 4.78 is 0.0711. The molecule has 0 unspecified atom stereocenters. The molecule has 3 N–H and O–H groups in total. The number of nitrogens with one attached hydrogen (secondary N) is 2. The van der Waals surface area contributed by atoms with Gasteiger partial charge in [-0.05, 0) is 63.5 Å². The molecule has 0 spiro atoms. The molecule has 1 aliphatic carbocycles. The zero-order valence-electron chi connectivity index (χ0n) is 15.4. The first-order valence-electron chi connectivity index (χ1n) is 9.19. The number of hydrogen-bond acceptors (Lipinski definition) is 3. The number of amidine groups is 2. The van der Waals surface area contributed by atoms with E-state index in [4.69, 9.17) is 15.9 Å². The van der Waals surface area contributed by atoms with Gasteiger partial charge < -0.3 is 10.0 Å². The van der Waals surface area contributed by atoms with Crippen molar-refractivity contribution in [1.29, 1.82) is 10.8 Å². The van der Waals surface area contributed by atoms with Crippen LogP contribution in [0.15, 0.2) is 30.3 Å². The fourth-order valence-corrected chi connectivity index (χ4v) is 3.91. The Kier molecular flexibility index (Phi) is 5.95. The lowest BCUT2D eigenvalue weighted by Crippen LogP contribution is -2.32. The van der Waals surface area contributed by atoms with Crippen LogP contribution in [0.5, 0.6) is 0 Å². The second-order valence-electron chi connectivity index (χ2n) is 7.21. The van der Waals surface area contributed by atoms with Crippen LogP contribution in [-0.4, -0.2) is 26.6 Å². The third-order valence-electron chi connectivity index (χ3n) is 5.31. The maximum Gasteiger partial charge on any atom is 0.303 e. The molecular formula is C21H24BrN3O2. The fraction of sp³-hybridized carbons (Fsp3) is 0.381. The van der Waals surface area contributed by atoms with Crippen molar-refractivity contribution < 1.29 is 9.90 Å². The number of hydrogen-bond donors (Lipinski definition) is 3. The van der Waals surface area contributed by atoms with Gasteiger partial charge in [-0.2, -0.15) is 0 Å². The molecular weight excluding hydrogens is 406 g/mol. The Morgan fingerprint density at radius 1 is 1.19 bits per heavy atom. The Hall–Kier alpha value is -2.21. The summed E-state index contributed by atoms with van der Waals surface area (Å²) in [4.78, 5) is 12.3. The first-order valence-corrected chi connectivity index (χ1v) is 9.99. The highest BCUT2D eigenvalue weighted by molar-refractivity contribution is 9.18. The van der Waals surface area contributed by atoms with Gasteiger partial charge in [-0.3, -0.25) is 15.6 Å². The number of rotatable bonds is 6. The first kappa shape index (κ1) is 19.5. The van der Waals surface area contributed by atoms with Gasteiger partial charge >= 0.3 is 5.97 Å². The van der Waals surface area contributed by atoms with Crippen molar-refractivity contribution in [1.82, 2.24) is 4.90 Å². The van der Waals surface area contributed by atoms with E-state index in [1.165, 1.54) is 40.7 Å². The SMILES string of the molecule is Cc1ccc2c(C3CCC3)ccc(CN(C(=N)Br)C(=N)CCC(=O)O)c2c1. The second kappa shape index (κ2) is 8.21. The molecule has 1 aliphatic rings. The van der Waals surface area contributed by atoms with Crippen LogP contribution in [0, 0.1) is 17.7 Å². The smallest absolute Gasteiger partial charge is 0.303 e.